The average Bonchev–Trinajstić information content (AvgIpc) is 3.50. The number of hydrogen-bond donors (Lipinski definition) is 1. The second-order valence-corrected chi connectivity index (χ2v) is 14.2. The van der Waals surface area contributed by atoms with Gasteiger partial charge in [-0.1, -0.05) is 35.5 Å². The Balaban J connectivity index is 0.787. The number of rotatable bonds is 9. The summed E-state index contributed by atoms with van der Waals surface area (Å²) in [5, 5.41) is 21.8. The molecule has 10 rings (SSSR count). The fourth-order valence-corrected chi connectivity index (χ4v) is 7.28. The van der Waals surface area contributed by atoms with Gasteiger partial charge in [-0.3, -0.25) is 9.59 Å². The van der Waals surface area contributed by atoms with E-state index in [1.165, 1.54) is 12.6 Å². The zero-order valence-corrected chi connectivity index (χ0v) is 30.0. The number of oxazole rings is 1. The van der Waals surface area contributed by atoms with E-state index in [2.05, 4.69) is 30.7 Å². The molecule has 2 aliphatic rings. The summed E-state index contributed by atoms with van der Waals surface area (Å²) in [5.74, 6) is 0.797. The van der Waals surface area contributed by atoms with Crippen molar-refractivity contribution in [3.63, 3.8) is 0 Å². The lowest BCUT2D eigenvalue weighted by molar-refractivity contribution is 0.0580. The van der Waals surface area contributed by atoms with Crippen LogP contribution in [0.5, 0.6) is 0 Å². The number of benzene rings is 2. The number of amides is 2. The minimum absolute atomic E-state index is 0.0105. The molecule has 55 heavy (non-hydrogen) atoms. The number of aromatic nitrogens is 10. The highest BCUT2D eigenvalue weighted by atomic mass is 16.3. The van der Waals surface area contributed by atoms with Crippen molar-refractivity contribution < 1.29 is 14.0 Å². The molecule has 1 saturated carbocycles. The van der Waals surface area contributed by atoms with E-state index in [4.69, 9.17) is 14.5 Å². The third kappa shape index (κ3) is 5.89. The predicted octanol–water partition coefficient (Wildman–Crippen LogP) is 5.74. The number of para-hydroxylation sites is 1. The second kappa shape index (κ2) is 12.8. The zero-order valence-electron chi connectivity index (χ0n) is 30.0. The lowest BCUT2D eigenvalue weighted by atomic mass is 9.94. The van der Waals surface area contributed by atoms with Gasteiger partial charge in [-0.2, -0.15) is 10.2 Å². The first-order valence-electron chi connectivity index (χ1n) is 18.2. The summed E-state index contributed by atoms with van der Waals surface area (Å²) < 4.78 is 11.1. The molecule has 1 saturated heterocycles. The normalized spacial score (nSPS) is 14.5. The van der Waals surface area contributed by atoms with Crippen molar-refractivity contribution in [2.75, 3.05) is 18.4 Å². The van der Waals surface area contributed by atoms with E-state index < -0.39 is 0 Å². The Kier molecular flexibility index (Phi) is 7.60. The van der Waals surface area contributed by atoms with Crippen LogP contribution < -0.4 is 5.32 Å². The Morgan fingerprint density at radius 2 is 1.75 bits per heavy atom. The largest absolute Gasteiger partial charge is 0.448 e. The van der Waals surface area contributed by atoms with Crippen LogP contribution in [0.15, 0.2) is 96.1 Å². The van der Waals surface area contributed by atoms with Gasteiger partial charge in [-0.15, -0.1) is 5.10 Å². The number of nitrogens with one attached hydrogen (secondary N) is 1. The van der Waals surface area contributed by atoms with Crippen molar-refractivity contribution in [3.05, 3.63) is 131 Å². The summed E-state index contributed by atoms with van der Waals surface area (Å²) in [7, 11) is 0. The van der Waals surface area contributed by atoms with E-state index in [1.807, 2.05) is 96.4 Å². The molecule has 6 aromatic heterocycles. The highest BCUT2D eigenvalue weighted by Gasteiger charge is 2.37. The van der Waals surface area contributed by atoms with Crippen LogP contribution in [-0.2, 0) is 6.54 Å². The molecular formula is C40H34N12O3. The van der Waals surface area contributed by atoms with Crippen LogP contribution in [0.25, 0.3) is 33.6 Å². The average molecular weight is 731 g/mol. The van der Waals surface area contributed by atoms with E-state index in [0.29, 0.717) is 53.7 Å². The van der Waals surface area contributed by atoms with Crippen LogP contribution in [-0.4, -0.2) is 79.1 Å². The van der Waals surface area contributed by atoms with E-state index in [0.717, 1.165) is 63.7 Å². The van der Waals surface area contributed by atoms with Gasteiger partial charge in [0, 0.05) is 53.2 Å². The van der Waals surface area contributed by atoms with Crippen LogP contribution >= 0.6 is 0 Å². The number of anilines is 1. The van der Waals surface area contributed by atoms with Crippen molar-refractivity contribution >= 4 is 34.2 Å². The molecule has 2 fully saturated rings. The third-order valence-electron chi connectivity index (χ3n) is 10.3. The SMILES string of the molecule is Cc1cc(C)n2ncc(C(=O)Nc3ccc(-c4cn(Cc5ncoc5C5CN(C(=O)c6cnc7c(c6)c(C6CC6)nn7-c6ccccc6)C5)nn4)cc3)c2n1. The van der Waals surface area contributed by atoms with E-state index >= 15 is 0 Å². The summed E-state index contributed by atoms with van der Waals surface area (Å²) in [6, 6.07) is 21.2. The Hall–Kier alpha value is -7.03. The molecule has 1 aliphatic heterocycles. The van der Waals surface area contributed by atoms with Gasteiger partial charge in [0.2, 0.25) is 0 Å². The Labute approximate surface area is 313 Å². The smallest absolute Gasteiger partial charge is 0.261 e. The first-order chi connectivity index (χ1) is 26.9. The van der Waals surface area contributed by atoms with Gasteiger partial charge < -0.3 is 14.6 Å². The van der Waals surface area contributed by atoms with E-state index in [-0.39, 0.29) is 17.7 Å². The minimum atomic E-state index is -0.290. The number of carbonyl (C=O) groups is 2. The fraction of sp³-hybridized carbons (Fsp3) is 0.225. The van der Waals surface area contributed by atoms with Crippen molar-refractivity contribution in [3.8, 4) is 16.9 Å². The Morgan fingerprint density at radius 3 is 2.55 bits per heavy atom. The van der Waals surface area contributed by atoms with Gasteiger partial charge in [0.25, 0.3) is 11.8 Å². The van der Waals surface area contributed by atoms with Crippen LogP contribution in [0, 0.1) is 13.8 Å². The first kappa shape index (κ1) is 32.6. The summed E-state index contributed by atoms with van der Waals surface area (Å²) in [4.78, 5) is 42.2. The van der Waals surface area contributed by atoms with Crippen LogP contribution in [0.4, 0.5) is 5.69 Å². The number of carbonyl (C=O) groups excluding carboxylic acids is 2. The monoisotopic (exact) mass is 730 g/mol. The van der Waals surface area contributed by atoms with E-state index in [9.17, 15) is 9.59 Å². The molecule has 0 atom stereocenters. The number of aryl methyl sites for hydroxylation is 2. The number of fused-ring (bicyclic) bond motifs is 2. The van der Waals surface area contributed by atoms with Crippen molar-refractivity contribution in [2.45, 2.75) is 45.1 Å². The summed E-state index contributed by atoms with van der Waals surface area (Å²) in [6.07, 6.45) is 8.67. The van der Waals surface area contributed by atoms with Gasteiger partial charge >= 0.3 is 0 Å². The van der Waals surface area contributed by atoms with Gasteiger partial charge in [0.05, 0.1) is 41.8 Å². The fourth-order valence-electron chi connectivity index (χ4n) is 7.28. The molecule has 0 spiro atoms. The lowest BCUT2D eigenvalue weighted by Gasteiger charge is -2.38. The highest BCUT2D eigenvalue weighted by Crippen LogP contribution is 2.43. The molecule has 2 amide bonds. The molecule has 7 heterocycles. The number of pyridine rings is 1. The molecule has 8 aromatic rings. The standard InChI is InChI=1S/C40H34N12O3/c1-23-14-24(2)51-38(44-23)32(17-43-51)39(53)45-29-12-10-25(11-13-29)33-20-50(48-46-33)21-34-36(55-22-42-34)28-18-49(19-28)40(54)27-15-31-35(26-8-9-26)47-52(37(31)41-16-27)30-6-4-3-5-7-30/h3-7,10-17,20,22,26,28H,8-9,18-19,21H2,1-2H3,(H,45,53). The highest BCUT2D eigenvalue weighted by molar-refractivity contribution is 6.08. The molecule has 0 radical (unpaired) electrons. The van der Waals surface area contributed by atoms with Crippen molar-refractivity contribution in [1.82, 2.24) is 54.2 Å². The summed E-state index contributed by atoms with van der Waals surface area (Å²) in [5.41, 5.74) is 8.79. The number of nitrogens with zero attached hydrogens (tertiary/aromatic N) is 11. The second-order valence-electron chi connectivity index (χ2n) is 14.2. The van der Waals surface area contributed by atoms with Crippen LogP contribution in [0.2, 0.25) is 0 Å². The minimum Gasteiger partial charge on any atom is -0.448 e. The van der Waals surface area contributed by atoms with Crippen LogP contribution in [0.3, 0.4) is 0 Å². The van der Waals surface area contributed by atoms with E-state index in [1.54, 1.807) is 15.4 Å². The molecule has 272 valence electrons. The maximum atomic E-state index is 13.6. The molecule has 0 bridgehead atoms. The predicted molar refractivity (Wildman–Crippen MR) is 201 cm³/mol. The molecular weight excluding hydrogens is 697 g/mol. The number of likely N-dealkylation sites (tertiary alicyclic amines) is 1. The molecule has 1 N–H and O–H groups in total. The molecule has 15 nitrogen and oxygen atoms in total. The Morgan fingerprint density at radius 1 is 0.927 bits per heavy atom. The van der Waals surface area contributed by atoms with Gasteiger partial charge in [-0.25, -0.2) is 28.8 Å². The topological polar surface area (TPSA) is 167 Å². The van der Waals surface area contributed by atoms with Gasteiger partial charge in [0.1, 0.15) is 22.7 Å². The molecule has 15 heteroatoms. The Bertz CT molecular complexity index is 2750. The molecule has 0 unspecified atom stereocenters. The number of hydrogen-bond acceptors (Lipinski definition) is 10. The summed E-state index contributed by atoms with van der Waals surface area (Å²) >= 11 is 0. The van der Waals surface area contributed by atoms with Gasteiger partial charge in [-0.05, 0) is 63.1 Å². The zero-order chi connectivity index (χ0) is 37.2. The van der Waals surface area contributed by atoms with Crippen molar-refractivity contribution in [1.29, 1.82) is 0 Å². The third-order valence-corrected chi connectivity index (χ3v) is 10.3. The van der Waals surface area contributed by atoms with Crippen LogP contribution in [0.1, 0.15) is 73.9 Å². The molecule has 2 aromatic carbocycles. The van der Waals surface area contributed by atoms with Crippen molar-refractivity contribution in [2.24, 2.45) is 0 Å². The maximum Gasteiger partial charge on any atom is 0.261 e. The first-order valence-corrected chi connectivity index (χ1v) is 18.2. The quantitative estimate of drug-likeness (QED) is 0.193. The maximum absolute atomic E-state index is 13.6. The summed E-state index contributed by atoms with van der Waals surface area (Å²) in [6.45, 7) is 5.20. The van der Waals surface area contributed by atoms with Gasteiger partial charge in [0.15, 0.2) is 17.7 Å². The molecule has 1 aliphatic carbocycles. The lowest BCUT2D eigenvalue weighted by Crippen LogP contribution is -2.48.